The Kier molecular flexibility index (Phi) is 5.42. The van der Waals surface area contributed by atoms with Gasteiger partial charge in [-0.15, -0.1) is 0 Å². The maximum atomic E-state index is 12.5. The fraction of sp³-hybridized carbons (Fsp3) is 0.875. The van der Waals surface area contributed by atoms with Crippen LogP contribution < -0.4 is 11.1 Å². The summed E-state index contributed by atoms with van der Waals surface area (Å²) in [6.07, 6.45) is 10.2. The molecular weight excluding hydrogens is 268 g/mol. The van der Waals surface area contributed by atoms with E-state index in [0.717, 1.165) is 38.1 Å². The van der Waals surface area contributed by atoms with E-state index in [4.69, 9.17) is 18.0 Å². The molecule has 0 bridgehead atoms. The summed E-state index contributed by atoms with van der Waals surface area (Å²) in [6.45, 7) is 3.08. The Morgan fingerprint density at radius 1 is 1.20 bits per heavy atom. The maximum Gasteiger partial charge on any atom is 0.233 e. The summed E-state index contributed by atoms with van der Waals surface area (Å²) in [7, 11) is 0. The van der Waals surface area contributed by atoms with Gasteiger partial charge in [-0.05, 0) is 37.5 Å². The molecule has 3 nitrogen and oxygen atoms in total. The molecule has 0 aromatic carbocycles. The highest BCUT2D eigenvalue weighted by atomic mass is 32.1. The Balaban J connectivity index is 1.81. The number of hydrogen-bond donors (Lipinski definition) is 2. The summed E-state index contributed by atoms with van der Waals surface area (Å²) < 4.78 is 0. The Hall–Kier alpha value is -0.640. The van der Waals surface area contributed by atoms with Crippen LogP contribution >= 0.6 is 12.2 Å². The van der Waals surface area contributed by atoms with Crippen LogP contribution in [0, 0.1) is 17.3 Å². The summed E-state index contributed by atoms with van der Waals surface area (Å²) in [5, 5.41) is 3.14. The van der Waals surface area contributed by atoms with E-state index in [0.29, 0.717) is 10.9 Å². The Bertz CT molecular complexity index is 355. The summed E-state index contributed by atoms with van der Waals surface area (Å²) in [6, 6.07) is 0. The predicted molar refractivity (Wildman–Crippen MR) is 86.4 cm³/mol. The molecule has 0 unspecified atom stereocenters. The molecule has 0 atom stereocenters. The molecule has 2 aliphatic rings. The minimum atomic E-state index is -0.546. The Morgan fingerprint density at radius 2 is 1.75 bits per heavy atom. The van der Waals surface area contributed by atoms with Gasteiger partial charge in [0.1, 0.15) is 0 Å². The van der Waals surface area contributed by atoms with Crippen LogP contribution in [0.3, 0.4) is 0 Å². The number of carbonyl (C=O) groups excluding carboxylic acids is 1. The number of thiocarbonyl (C=S) groups is 1. The zero-order chi connectivity index (χ0) is 14.6. The average molecular weight is 296 g/mol. The van der Waals surface area contributed by atoms with Gasteiger partial charge in [0.05, 0.1) is 10.4 Å². The third kappa shape index (κ3) is 3.33. The number of nitrogens with one attached hydrogen (secondary N) is 1. The van der Waals surface area contributed by atoms with Gasteiger partial charge in [-0.1, -0.05) is 51.2 Å². The van der Waals surface area contributed by atoms with Crippen LogP contribution in [-0.4, -0.2) is 17.4 Å². The summed E-state index contributed by atoms with van der Waals surface area (Å²) in [4.78, 5) is 12.9. The number of nitrogens with two attached hydrogens (primary N) is 1. The zero-order valence-electron chi connectivity index (χ0n) is 12.6. The summed E-state index contributed by atoms with van der Waals surface area (Å²) >= 11 is 5.16. The molecule has 0 spiro atoms. The van der Waals surface area contributed by atoms with Gasteiger partial charge in [0.15, 0.2) is 0 Å². The number of amides is 1. The van der Waals surface area contributed by atoms with Gasteiger partial charge in [-0.3, -0.25) is 4.79 Å². The van der Waals surface area contributed by atoms with E-state index in [9.17, 15) is 4.79 Å². The highest BCUT2D eigenvalue weighted by Gasteiger charge is 2.43. The monoisotopic (exact) mass is 296 g/mol. The van der Waals surface area contributed by atoms with Crippen LogP contribution in [0.25, 0.3) is 0 Å². The molecule has 0 aromatic rings. The first-order valence-electron chi connectivity index (χ1n) is 8.16. The van der Waals surface area contributed by atoms with E-state index in [1.54, 1.807) is 0 Å². The third-order valence-electron chi connectivity index (χ3n) is 5.46. The average Bonchev–Trinajstić information content (AvgIpc) is 2.96. The fourth-order valence-electron chi connectivity index (χ4n) is 3.81. The molecule has 4 heteroatoms. The van der Waals surface area contributed by atoms with E-state index >= 15 is 0 Å². The van der Waals surface area contributed by atoms with Gasteiger partial charge < -0.3 is 11.1 Å². The second kappa shape index (κ2) is 6.88. The molecule has 2 rings (SSSR count). The molecule has 0 heterocycles. The van der Waals surface area contributed by atoms with Crippen molar-refractivity contribution in [3.8, 4) is 0 Å². The maximum absolute atomic E-state index is 12.5. The van der Waals surface area contributed by atoms with Crippen LogP contribution in [0.2, 0.25) is 0 Å². The van der Waals surface area contributed by atoms with Gasteiger partial charge in [-0.25, -0.2) is 0 Å². The SMILES string of the molecule is CCC1CCC(CNC(=O)C2(C(N)=S)CCCC2)CC1. The highest BCUT2D eigenvalue weighted by Crippen LogP contribution is 2.39. The first kappa shape index (κ1) is 15.7. The van der Waals surface area contributed by atoms with Crippen molar-refractivity contribution in [2.45, 2.75) is 64.7 Å². The zero-order valence-corrected chi connectivity index (χ0v) is 13.4. The van der Waals surface area contributed by atoms with E-state index < -0.39 is 5.41 Å². The predicted octanol–water partition coefficient (Wildman–Crippen LogP) is 3.17. The van der Waals surface area contributed by atoms with E-state index in [2.05, 4.69) is 12.2 Å². The number of rotatable bonds is 5. The Labute approximate surface area is 128 Å². The normalized spacial score (nSPS) is 29.1. The van der Waals surface area contributed by atoms with E-state index in [-0.39, 0.29) is 5.91 Å². The molecule has 0 aliphatic heterocycles. The second-order valence-electron chi connectivity index (χ2n) is 6.66. The Morgan fingerprint density at radius 3 is 2.25 bits per heavy atom. The molecule has 0 radical (unpaired) electrons. The topological polar surface area (TPSA) is 55.1 Å². The van der Waals surface area contributed by atoms with Crippen molar-refractivity contribution >= 4 is 23.1 Å². The molecular formula is C16H28N2OS. The van der Waals surface area contributed by atoms with Crippen LogP contribution in [0.1, 0.15) is 64.7 Å². The van der Waals surface area contributed by atoms with Crippen molar-refractivity contribution in [3.05, 3.63) is 0 Å². The van der Waals surface area contributed by atoms with Crippen LogP contribution in [0.4, 0.5) is 0 Å². The van der Waals surface area contributed by atoms with Crippen molar-refractivity contribution in [2.75, 3.05) is 6.54 Å². The minimum Gasteiger partial charge on any atom is -0.392 e. The first-order chi connectivity index (χ1) is 9.58. The lowest BCUT2D eigenvalue weighted by atomic mass is 9.80. The quantitative estimate of drug-likeness (QED) is 0.766. The van der Waals surface area contributed by atoms with E-state index in [1.807, 2.05) is 0 Å². The number of carbonyl (C=O) groups is 1. The standard InChI is InChI=1S/C16H28N2OS/c1-2-12-5-7-13(8-6-12)11-18-15(19)16(14(17)20)9-3-4-10-16/h12-13H,2-11H2,1H3,(H2,17,20)(H,18,19). The molecule has 2 saturated carbocycles. The van der Waals surface area contributed by atoms with Crippen LogP contribution in [0.15, 0.2) is 0 Å². The fourth-order valence-corrected chi connectivity index (χ4v) is 4.11. The molecule has 114 valence electrons. The minimum absolute atomic E-state index is 0.0834. The van der Waals surface area contributed by atoms with Crippen molar-refractivity contribution < 1.29 is 4.79 Å². The van der Waals surface area contributed by atoms with Crippen molar-refractivity contribution in [1.82, 2.24) is 5.32 Å². The van der Waals surface area contributed by atoms with Gasteiger partial charge >= 0.3 is 0 Å². The molecule has 2 fully saturated rings. The van der Waals surface area contributed by atoms with Crippen LogP contribution in [-0.2, 0) is 4.79 Å². The van der Waals surface area contributed by atoms with Gasteiger partial charge in [0, 0.05) is 6.54 Å². The molecule has 20 heavy (non-hydrogen) atoms. The number of hydrogen-bond acceptors (Lipinski definition) is 2. The van der Waals surface area contributed by atoms with Gasteiger partial charge in [-0.2, -0.15) is 0 Å². The second-order valence-corrected chi connectivity index (χ2v) is 7.10. The van der Waals surface area contributed by atoms with Gasteiger partial charge in [0.2, 0.25) is 5.91 Å². The largest absolute Gasteiger partial charge is 0.392 e. The molecule has 0 saturated heterocycles. The van der Waals surface area contributed by atoms with Crippen molar-refractivity contribution in [3.63, 3.8) is 0 Å². The molecule has 3 N–H and O–H groups in total. The molecule has 1 amide bonds. The lowest BCUT2D eigenvalue weighted by molar-refractivity contribution is -0.127. The van der Waals surface area contributed by atoms with Gasteiger partial charge in [0.25, 0.3) is 0 Å². The molecule has 0 aromatic heterocycles. The lowest BCUT2D eigenvalue weighted by Crippen LogP contribution is -2.48. The smallest absolute Gasteiger partial charge is 0.233 e. The van der Waals surface area contributed by atoms with E-state index in [1.165, 1.54) is 32.1 Å². The molecule has 2 aliphatic carbocycles. The first-order valence-corrected chi connectivity index (χ1v) is 8.57. The third-order valence-corrected chi connectivity index (χ3v) is 5.85. The van der Waals surface area contributed by atoms with Crippen molar-refractivity contribution in [2.24, 2.45) is 23.0 Å². The summed E-state index contributed by atoms with van der Waals surface area (Å²) in [5.41, 5.74) is 5.30. The van der Waals surface area contributed by atoms with Crippen molar-refractivity contribution in [1.29, 1.82) is 0 Å². The summed E-state index contributed by atoms with van der Waals surface area (Å²) in [5.74, 6) is 1.63. The lowest BCUT2D eigenvalue weighted by Gasteiger charge is -2.30. The van der Waals surface area contributed by atoms with Crippen LogP contribution in [0.5, 0.6) is 0 Å². The highest BCUT2D eigenvalue weighted by molar-refractivity contribution is 7.80.